The second-order valence-electron chi connectivity index (χ2n) is 5.58. The van der Waals surface area contributed by atoms with Gasteiger partial charge in [0.2, 0.25) is 5.91 Å². The second kappa shape index (κ2) is 7.26. The number of hydrogen-bond donors (Lipinski definition) is 0. The normalized spacial score (nSPS) is 12.7. The summed E-state index contributed by atoms with van der Waals surface area (Å²) in [5.74, 6) is -3.36. The first-order valence-corrected chi connectivity index (χ1v) is 8.86. The summed E-state index contributed by atoms with van der Waals surface area (Å²) in [7, 11) is -2.64. The second-order valence-corrected chi connectivity index (χ2v) is 7.85. The molecule has 0 aliphatic heterocycles. The number of benzene rings is 2. The van der Waals surface area contributed by atoms with Crippen molar-refractivity contribution >= 4 is 15.7 Å². The van der Waals surface area contributed by atoms with Crippen molar-refractivity contribution in [1.29, 1.82) is 0 Å². The Balaban J connectivity index is 2.17. The molecule has 2 aromatic carbocycles. The van der Waals surface area contributed by atoms with Crippen molar-refractivity contribution in [2.24, 2.45) is 0 Å². The van der Waals surface area contributed by atoms with E-state index >= 15 is 0 Å². The lowest BCUT2D eigenvalue weighted by Gasteiger charge is -2.21. The molecular formula is C17H16F3NO3S. The Morgan fingerprint density at radius 3 is 2.20 bits per heavy atom. The topological polar surface area (TPSA) is 54.5 Å². The Morgan fingerprint density at radius 2 is 1.64 bits per heavy atom. The molecular weight excluding hydrogens is 355 g/mol. The molecule has 0 spiro atoms. The van der Waals surface area contributed by atoms with Crippen molar-refractivity contribution in [3.63, 3.8) is 0 Å². The summed E-state index contributed by atoms with van der Waals surface area (Å²) >= 11 is 0. The van der Waals surface area contributed by atoms with Gasteiger partial charge >= 0.3 is 0 Å². The zero-order valence-corrected chi connectivity index (χ0v) is 14.4. The molecule has 1 atom stereocenters. The van der Waals surface area contributed by atoms with Crippen LogP contribution in [0.1, 0.15) is 12.5 Å². The highest BCUT2D eigenvalue weighted by Gasteiger charge is 2.31. The van der Waals surface area contributed by atoms with Gasteiger partial charge in [-0.3, -0.25) is 4.79 Å². The molecule has 0 aliphatic rings. The van der Waals surface area contributed by atoms with Crippen molar-refractivity contribution in [2.75, 3.05) is 7.05 Å². The molecule has 0 saturated heterocycles. The van der Waals surface area contributed by atoms with Crippen LogP contribution in [0, 0.1) is 17.5 Å². The molecule has 0 saturated carbocycles. The third-order valence-electron chi connectivity index (χ3n) is 3.74. The molecule has 0 N–H and O–H groups in total. The number of sulfone groups is 1. The fourth-order valence-corrected chi connectivity index (χ4v) is 3.63. The monoisotopic (exact) mass is 371 g/mol. The van der Waals surface area contributed by atoms with Gasteiger partial charge in [-0.25, -0.2) is 21.6 Å². The molecule has 0 fully saturated rings. The average Bonchev–Trinajstić information content (AvgIpc) is 2.57. The maximum absolute atomic E-state index is 13.2. The summed E-state index contributed by atoms with van der Waals surface area (Å²) in [4.78, 5) is 13.3. The summed E-state index contributed by atoms with van der Waals surface area (Å²) in [6.07, 6.45) is 0. The van der Waals surface area contributed by atoms with Crippen molar-refractivity contribution in [3.8, 4) is 0 Å². The summed E-state index contributed by atoms with van der Waals surface area (Å²) in [6.45, 7) is 1.14. The van der Waals surface area contributed by atoms with Crippen molar-refractivity contribution in [1.82, 2.24) is 4.90 Å². The predicted octanol–water partition coefficient (Wildman–Crippen LogP) is 2.92. The van der Waals surface area contributed by atoms with E-state index in [0.717, 1.165) is 41.3 Å². The smallest absolute Gasteiger partial charge is 0.241 e. The third-order valence-corrected chi connectivity index (χ3v) is 5.80. The molecule has 0 aromatic heterocycles. The van der Waals surface area contributed by atoms with Gasteiger partial charge in [-0.15, -0.1) is 0 Å². The van der Waals surface area contributed by atoms with Gasteiger partial charge in [0, 0.05) is 13.6 Å². The molecule has 0 aliphatic carbocycles. The van der Waals surface area contributed by atoms with Crippen LogP contribution in [0.3, 0.4) is 0 Å². The first kappa shape index (κ1) is 19.0. The summed E-state index contributed by atoms with van der Waals surface area (Å²) < 4.78 is 64.0. The zero-order chi connectivity index (χ0) is 18.8. The quantitative estimate of drug-likeness (QED) is 0.760. The maximum atomic E-state index is 13.2. The van der Waals surface area contributed by atoms with Gasteiger partial charge in [-0.05, 0) is 48.9 Å². The van der Waals surface area contributed by atoms with E-state index in [2.05, 4.69) is 0 Å². The summed E-state index contributed by atoms with van der Waals surface area (Å²) in [6, 6.07) is 7.35. The van der Waals surface area contributed by atoms with E-state index in [-0.39, 0.29) is 11.4 Å². The van der Waals surface area contributed by atoms with Gasteiger partial charge in [-0.1, -0.05) is 6.07 Å². The predicted molar refractivity (Wildman–Crippen MR) is 85.9 cm³/mol. The minimum atomic E-state index is -4.00. The third kappa shape index (κ3) is 4.19. The highest BCUT2D eigenvalue weighted by Crippen LogP contribution is 2.19. The van der Waals surface area contributed by atoms with E-state index < -0.39 is 38.4 Å². The Bertz CT molecular complexity index is 883. The number of nitrogens with zero attached hydrogens (tertiary/aromatic N) is 1. The van der Waals surface area contributed by atoms with Gasteiger partial charge in [0.05, 0.1) is 4.90 Å². The Morgan fingerprint density at radius 1 is 1.04 bits per heavy atom. The van der Waals surface area contributed by atoms with Crippen LogP contribution in [0.15, 0.2) is 47.4 Å². The first-order valence-electron chi connectivity index (χ1n) is 7.31. The lowest BCUT2D eigenvalue weighted by molar-refractivity contribution is -0.129. The van der Waals surface area contributed by atoms with E-state index in [4.69, 9.17) is 0 Å². The molecule has 4 nitrogen and oxygen atoms in total. The Kier molecular flexibility index (Phi) is 5.52. The fourth-order valence-electron chi connectivity index (χ4n) is 2.26. The molecule has 1 amide bonds. The van der Waals surface area contributed by atoms with Crippen LogP contribution in [0.25, 0.3) is 0 Å². The van der Waals surface area contributed by atoms with Crippen LogP contribution in [-0.4, -0.2) is 31.5 Å². The Hall–Kier alpha value is -2.35. The molecule has 0 heterocycles. The van der Waals surface area contributed by atoms with Crippen molar-refractivity contribution in [2.45, 2.75) is 23.6 Å². The maximum Gasteiger partial charge on any atom is 0.241 e. The average molecular weight is 371 g/mol. The van der Waals surface area contributed by atoms with Gasteiger partial charge < -0.3 is 4.90 Å². The van der Waals surface area contributed by atoms with Crippen LogP contribution in [0.5, 0.6) is 0 Å². The van der Waals surface area contributed by atoms with Gasteiger partial charge in [-0.2, -0.15) is 0 Å². The molecule has 8 heteroatoms. The van der Waals surface area contributed by atoms with Crippen LogP contribution in [0.4, 0.5) is 13.2 Å². The standard InChI is InChI=1S/C17H16F3NO3S/c1-11(25(23,24)14-6-4-13(18)5-7-14)17(22)21(2)10-12-3-8-15(19)16(20)9-12/h3-9,11H,10H2,1-2H3. The van der Waals surface area contributed by atoms with Crippen LogP contribution in [-0.2, 0) is 21.2 Å². The summed E-state index contributed by atoms with van der Waals surface area (Å²) in [5, 5.41) is -1.41. The molecule has 1 unspecified atom stereocenters. The number of amides is 1. The minimum Gasteiger partial charge on any atom is -0.340 e. The largest absolute Gasteiger partial charge is 0.340 e. The number of carbonyl (C=O) groups excluding carboxylic acids is 1. The summed E-state index contributed by atoms with van der Waals surface area (Å²) in [5.41, 5.74) is 0.320. The van der Waals surface area contributed by atoms with E-state index in [1.807, 2.05) is 0 Å². The SMILES string of the molecule is CC(C(=O)N(C)Cc1ccc(F)c(F)c1)S(=O)(=O)c1ccc(F)cc1. The highest BCUT2D eigenvalue weighted by atomic mass is 32.2. The van der Waals surface area contributed by atoms with Crippen LogP contribution in [0.2, 0.25) is 0 Å². The zero-order valence-electron chi connectivity index (χ0n) is 13.5. The van der Waals surface area contributed by atoms with Gasteiger partial charge in [0.1, 0.15) is 11.1 Å². The minimum absolute atomic E-state index is 0.0840. The van der Waals surface area contributed by atoms with E-state index in [1.165, 1.54) is 20.0 Å². The van der Waals surface area contributed by atoms with Crippen molar-refractivity contribution < 1.29 is 26.4 Å². The number of carbonyl (C=O) groups is 1. The molecule has 134 valence electrons. The van der Waals surface area contributed by atoms with Crippen LogP contribution >= 0.6 is 0 Å². The number of hydrogen-bond acceptors (Lipinski definition) is 3. The number of rotatable bonds is 5. The first-order chi connectivity index (χ1) is 11.6. The molecule has 2 rings (SSSR count). The van der Waals surface area contributed by atoms with Gasteiger partial charge in [0.25, 0.3) is 0 Å². The van der Waals surface area contributed by atoms with E-state index in [9.17, 15) is 26.4 Å². The van der Waals surface area contributed by atoms with E-state index in [0.29, 0.717) is 5.56 Å². The lowest BCUT2D eigenvalue weighted by Crippen LogP contribution is -2.39. The van der Waals surface area contributed by atoms with Crippen molar-refractivity contribution in [3.05, 3.63) is 65.5 Å². The molecule has 25 heavy (non-hydrogen) atoms. The van der Waals surface area contributed by atoms with Gasteiger partial charge in [0.15, 0.2) is 21.5 Å². The highest BCUT2D eigenvalue weighted by molar-refractivity contribution is 7.92. The molecule has 2 aromatic rings. The Labute approximate surface area is 143 Å². The van der Waals surface area contributed by atoms with E-state index in [1.54, 1.807) is 0 Å². The molecule has 0 radical (unpaired) electrons. The fraction of sp³-hybridized carbons (Fsp3) is 0.235. The molecule has 0 bridgehead atoms. The van der Waals surface area contributed by atoms with Crippen LogP contribution < -0.4 is 0 Å². The number of halogens is 3. The lowest BCUT2D eigenvalue weighted by atomic mass is 10.2.